The van der Waals surface area contributed by atoms with Crippen molar-refractivity contribution >= 4 is 17.3 Å². The zero-order chi connectivity index (χ0) is 28.2. The molecule has 204 valence electrons. The Kier molecular flexibility index (Phi) is 6.10. The second-order valence-corrected chi connectivity index (χ2v) is 9.90. The van der Waals surface area contributed by atoms with Gasteiger partial charge in [0.2, 0.25) is 0 Å². The first-order chi connectivity index (χ1) is 19.1. The van der Waals surface area contributed by atoms with Gasteiger partial charge in [-0.25, -0.2) is 4.98 Å². The molecule has 2 aromatic carbocycles. The molecule has 0 radical (unpaired) electrons. The highest BCUT2D eigenvalue weighted by Crippen LogP contribution is 2.38. The van der Waals surface area contributed by atoms with E-state index in [1.54, 1.807) is 28.8 Å². The van der Waals surface area contributed by atoms with Gasteiger partial charge in [0.1, 0.15) is 12.2 Å². The monoisotopic (exact) mass is 568 g/mol. The number of hydrogen-bond acceptors (Lipinski definition) is 7. The number of alkyl halides is 3. The van der Waals surface area contributed by atoms with E-state index in [0.717, 1.165) is 5.69 Å². The lowest BCUT2D eigenvalue weighted by atomic mass is 10.0. The lowest BCUT2D eigenvalue weighted by Gasteiger charge is -2.17. The summed E-state index contributed by atoms with van der Waals surface area (Å²) in [7, 11) is 0. The predicted octanol–water partition coefficient (Wildman–Crippen LogP) is 4.80. The molecular weight excluding hydrogens is 549 g/mol. The molecule has 4 heterocycles. The van der Waals surface area contributed by atoms with E-state index < -0.39 is 18.2 Å². The fraction of sp³-hybridized carbons (Fsp3) is 0.192. The van der Waals surface area contributed by atoms with Gasteiger partial charge in [-0.2, -0.15) is 4.68 Å². The largest absolute Gasteiger partial charge is 0.573 e. The molecule has 0 bridgehead atoms. The Morgan fingerprint density at radius 1 is 1.12 bits per heavy atom. The smallest absolute Gasteiger partial charge is 0.404 e. The lowest BCUT2D eigenvalue weighted by molar-refractivity contribution is -0.274. The number of aromatic nitrogens is 7. The molecule has 3 N–H and O–H groups in total. The molecule has 0 spiro atoms. The number of tetrazole rings is 1. The van der Waals surface area contributed by atoms with Gasteiger partial charge in [-0.3, -0.25) is 4.79 Å². The summed E-state index contributed by atoms with van der Waals surface area (Å²) in [6.07, 6.45) is -1.32. The molecular formula is C26H20ClF3N8O2. The summed E-state index contributed by atoms with van der Waals surface area (Å²) in [5.74, 6) is -0.00859. The molecule has 0 saturated carbocycles. The Balaban J connectivity index is 1.37. The van der Waals surface area contributed by atoms with Gasteiger partial charge >= 0.3 is 6.36 Å². The topological polar surface area (TPSA) is 130 Å². The number of H-pyrrole nitrogens is 1. The minimum absolute atomic E-state index is 0.00385. The first kappa shape index (κ1) is 25.6. The standard InChI is InChI=1S/C26H20ClF3N8O2/c1-13-6-17-7-15(18-10-16(27)3-5-21(18)37-12-33-35-36-37)9-23(39)38(17)24(13)25-32-11-20(34-25)14-2-4-19(31)22(8-14)40-26(28,29)30/h2-5,7-13,24H,6,31H2,1H3,(H,32,34)/t13-,24-/m0/s1. The number of ether oxygens (including phenoxy) is 1. The third kappa shape index (κ3) is 4.68. The normalized spacial score (nSPS) is 16.7. The molecule has 1 aliphatic rings. The first-order valence-corrected chi connectivity index (χ1v) is 12.4. The number of nitrogens with zero attached hydrogens (tertiary/aromatic N) is 6. The average molecular weight is 569 g/mol. The highest BCUT2D eigenvalue weighted by molar-refractivity contribution is 6.31. The zero-order valence-electron chi connectivity index (χ0n) is 20.7. The Morgan fingerprint density at radius 2 is 1.95 bits per heavy atom. The van der Waals surface area contributed by atoms with E-state index in [1.165, 1.54) is 35.4 Å². The second-order valence-electron chi connectivity index (χ2n) is 9.47. The number of pyridine rings is 1. The van der Waals surface area contributed by atoms with Gasteiger partial charge in [-0.05, 0) is 64.7 Å². The van der Waals surface area contributed by atoms with Crippen LogP contribution in [0.1, 0.15) is 24.5 Å². The van der Waals surface area contributed by atoms with Gasteiger partial charge in [-0.1, -0.05) is 24.6 Å². The maximum atomic E-state index is 13.5. The molecule has 6 rings (SSSR count). The molecule has 0 unspecified atom stereocenters. The number of hydrogen-bond donors (Lipinski definition) is 2. The second kappa shape index (κ2) is 9.52. The van der Waals surface area contributed by atoms with Gasteiger partial charge < -0.3 is 20.0 Å². The third-order valence-corrected chi connectivity index (χ3v) is 7.02. The molecule has 2 atom stereocenters. The number of fused-ring (bicyclic) bond motifs is 1. The number of rotatable bonds is 5. The van der Waals surface area contributed by atoms with Crippen molar-refractivity contribution in [3.63, 3.8) is 0 Å². The Hall–Kier alpha value is -4.65. The van der Waals surface area contributed by atoms with Crippen LogP contribution in [0.15, 0.2) is 65.8 Å². The number of imidazole rings is 1. The molecule has 10 nitrogen and oxygen atoms in total. The zero-order valence-corrected chi connectivity index (χ0v) is 21.5. The molecule has 14 heteroatoms. The first-order valence-electron chi connectivity index (χ1n) is 12.1. The van der Waals surface area contributed by atoms with Crippen molar-refractivity contribution < 1.29 is 17.9 Å². The number of anilines is 1. The summed E-state index contributed by atoms with van der Waals surface area (Å²) in [5.41, 5.74) is 8.94. The van der Waals surface area contributed by atoms with E-state index in [-0.39, 0.29) is 17.2 Å². The number of aromatic amines is 1. The van der Waals surface area contributed by atoms with Crippen molar-refractivity contribution in [1.29, 1.82) is 0 Å². The van der Waals surface area contributed by atoms with E-state index >= 15 is 0 Å². The fourth-order valence-corrected chi connectivity index (χ4v) is 5.28. The fourth-order valence-electron chi connectivity index (χ4n) is 5.11. The number of nitrogens with one attached hydrogen (secondary N) is 1. The van der Waals surface area contributed by atoms with Crippen LogP contribution in [-0.2, 0) is 6.42 Å². The molecule has 0 fully saturated rings. The van der Waals surface area contributed by atoms with Crippen LogP contribution in [0, 0.1) is 5.92 Å². The molecule has 3 aromatic heterocycles. The summed E-state index contributed by atoms with van der Waals surface area (Å²) >= 11 is 6.29. The Labute approximate surface area is 229 Å². The lowest BCUT2D eigenvalue weighted by Crippen LogP contribution is -2.25. The van der Waals surface area contributed by atoms with Gasteiger partial charge in [0.25, 0.3) is 5.56 Å². The van der Waals surface area contributed by atoms with Crippen LogP contribution >= 0.6 is 11.6 Å². The van der Waals surface area contributed by atoms with Gasteiger partial charge in [0, 0.05) is 27.9 Å². The van der Waals surface area contributed by atoms with Crippen molar-refractivity contribution in [2.24, 2.45) is 5.92 Å². The van der Waals surface area contributed by atoms with Gasteiger partial charge in [0.15, 0.2) is 5.75 Å². The minimum Gasteiger partial charge on any atom is -0.404 e. The molecule has 0 amide bonds. The van der Waals surface area contributed by atoms with Crippen LogP contribution in [0.25, 0.3) is 28.1 Å². The van der Waals surface area contributed by atoms with E-state index in [4.69, 9.17) is 17.3 Å². The van der Waals surface area contributed by atoms with Crippen LogP contribution in [0.4, 0.5) is 18.9 Å². The minimum atomic E-state index is -4.88. The maximum Gasteiger partial charge on any atom is 0.573 e. The van der Waals surface area contributed by atoms with Crippen LogP contribution in [-0.4, -0.2) is 41.1 Å². The van der Waals surface area contributed by atoms with Crippen LogP contribution < -0.4 is 16.0 Å². The Bertz CT molecular complexity index is 1780. The van der Waals surface area contributed by atoms with Crippen molar-refractivity contribution in [1.82, 2.24) is 34.7 Å². The number of nitrogen functional groups attached to an aromatic ring is 1. The SMILES string of the molecule is C[C@H]1Cc2cc(-c3cc(Cl)ccc3-n3cnnn3)cc(=O)n2[C@@H]1c1ncc(-c2ccc(N)c(OC(F)(F)F)c2)[nH]1. The van der Waals surface area contributed by atoms with Crippen molar-refractivity contribution in [3.05, 3.63) is 87.9 Å². The van der Waals surface area contributed by atoms with Gasteiger partial charge in [-0.15, -0.1) is 18.3 Å². The molecule has 40 heavy (non-hydrogen) atoms. The van der Waals surface area contributed by atoms with E-state index in [0.29, 0.717) is 45.3 Å². The molecule has 0 aliphatic carbocycles. The molecule has 5 aromatic rings. The molecule has 1 aliphatic heterocycles. The summed E-state index contributed by atoms with van der Waals surface area (Å²) in [5, 5.41) is 11.8. The summed E-state index contributed by atoms with van der Waals surface area (Å²) < 4.78 is 45.6. The van der Waals surface area contributed by atoms with E-state index in [1.807, 2.05) is 13.0 Å². The predicted molar refractivity (Wildman–Crippen MR) is 140 cm³/mol. The van der Waals surface area contributed by atoms with Crippen LogP contribution in [0.2, 0.25) is 5.02 Å². The van der Waals surface area contributed by atoms with Crippen molar-refractivity contribution in [2.75, 3.05) is 5.73 Å². The van der Waals surface area contributed by atoms with Crippen molar-refractivity contribution in [3.8, 4) is 33.8 Å². The summed E-state index contributed by atoms with van der Waals surface area (Å²) in [6.45, 7) is 2.00. The number of benzene rings is 2. The highest BCUT2D eigenvalue weighted by atomic mass is 35.5. The van der Waals surface area contributed by atoms with Crippen molar-refractivity contribution in [2.45, 2.75) is 25.7 Å². The number of halogens is 4. The van der Waals surface area contributed by atoms with E-state index in [2.05, 4.69) is 30.2 Å². The average Bonchev–Trinajstić information content (AvgIpc) is 3.64. The highest BCUT2D eigenvalue weighted by Gasteiger charge is 2.35. The number of nitrogens with two attached hydrogens (primary N) is 1. The van der Waals surface area contributed by atoms with Crippen LogP contribution in [0.5, 0.6) is 5.75 Å². The third-order valence-electron chi connectivity index (χ3n) is 6.79. The van der Waals surface area contributed by atoms with E-state index in [9.17, 15) is 18.0 Å². The van der Waals surface area contributed by atoms with Crippen LogP contribution in [0.3, 0.4) is 0 Å². The Morgan fingerprint density at radius 3 is 2.70 bits per heavy atom. The maximum absolute atomic E-state index is 13.5. The summed E-state index contributed by atoms with van der Waals surface area (Å²) in [6, 6.07) is 12.4. The molecule has 0 saturated heterocycles. The van der Waals surface area contributed by atoms with Gasteiger partial charge in [0.05, 0.1) is 29.3 Å². The summed E-state index contributed by atoms with van der Waals surface area (Å²) in [4.78, 5) is 21.2. The quantitative estimate of drug-likeness (QED) is 0.291.